The van der Waals surface area contributed by atoms with Crippen molar-refractivity contribution in [3.63, 3.8) is 0 Å². The molecule has 1 amide bonds. The molecule has 8 heteroatoms. The minimum Gasteiger partial charge on any atom is -0.332 e. The summed E-state index contributed by atoms with van der Waals surface area (Å²) in [6, 6.07) is 7.94. The molecule has 1 unspecified atom stereocenters. The van der Waals surface area contributed by atoms with Gasteiger partial charge in [0.2, 0.25) is 5.91 Å². The van der Waals surface area contributed by atoms with Crippen LogP contribution in [0.25, 0.3) is 0 Å². The quantitative estimate of drug-likeness (QED) is 0.806. The van der Waals surface area contributed by atoms with Crippen molar-refractivity contribution >= 4 is 42.3 Å². The summed E-state index contributed by atoms with van der Waals surface area (Å²) in [6.07, 6.45) is 0. The molecule has 0 aromatic heterocycles. The van der Waals surface area contributed by atoms with Gasteiger partial charge >= 0.3 is 0 Å². The molecule has 1 aromatic carbocycles. The fourth-order valence-corrected chi connectivity index (χ4v) is 3.76. The molecule has 1 N–H and O–H groups in total. The average Bonchev–Trinajstić information content (AvgIpc) is 2.62. The summed E-state index contributed by atoms with van der Waals surface area (Å²) in [7, 11) is 0. The topological polar surface area (TPSA) is 38.8 Å². The highest BCUT2D eigenvalue weighted by atomic mass is 35.5. The molecular weight excluding hydrogens is 395 g/mol. The number of halogens is 3. The molecule has 2 saturated heterocycles. The van der Waals surface area contributed by atoms with Crippen LogP contribution in [0.5, 0.6) is 0 Å². The normalized spacial score (nSPS) is 21.6. The van der Waals surface area contributed by atoms with Gasteiger partial charge in [0.25, 0.3) is 0 Å². The van der Waals surface area contributed by atoms with E-state index in [2.05, 4.69) is 28.1 Å². The first-order valence-corrected chi connectivity index (χ1v) is 9.25. The van der Waals surface area contributed by atoms with Crippen molar-refractivity contribution < 1.29 is 4.79 Å². The summed E-state index contributed by atoms with van der Waals surface area (Å²) >= 11 is 6.14. The fraction of sp³-hybridized carbons (Fsp3) is 0.611. The average molecular weight is 424 g/mol. The number of piperazine rings is 2. The summed E-state index contributed by atoms with van der Waals surface area (Å²) < 4.78 is 0. The number of hydrogen-bond donors (Lipinski definition) is 1. The predicted molar refractivity (Wildman–Crippen MR) is 112 cm³/mol. The first kappa shape index (κ1) is 23.5. The van der Waals surface area contributed by atoms with E-state index in [1.165, 1.54) is 0 Å². The van der Waals surface area contributed by atoms with Crippen LogP contribution in [0, 0.1) is 0 Å². The van der Waals surface area contributed by atoms with E-state index >= 15 is 0 Å². The molecule has 1 atom stereocenters. The van der Waals surface area contributed by atoms with Gasteiger partial charge in [0.15, 0.2) is 0 Å². The Labute approximate surface area is 173 Å². The Hall–Kier alpha value is -0.560. The fourth-order valence-electron chi connectivity index (χ4n) is 3.56. The Kier molecular flexibility index (Phi) is 10.2. The van der Waals surface area contributed by atoms with Gasteiger partial charge in [0, 0.05) is 50.8 Å². The lowest BCUT2D eigenvalue weighted by Gasteiger charge is -2.39. The van der Waals surface area contributed by atoms with Gasteiger partial charge in [-0.3, -0.25) is 9.69 Å². The number of carbonyl (C=O) groups is 1. The zero-order valence-corrected chi connectivity index (χ0v) is 17.6. The number of benzene rings is 1. The summed E-state index contributed by atoms with van der Waals surface area (Å²) in [5.74, 6) is 0.228. The Morgan fingerprint density at radius 3 is 2.50 bits per heavy atom. The first-order chi connectivity index (χ1) is 11.7. The molecule has 2 aliphatic rings. The minimum absolute atomic E-state index is 0. The van der Waals surface area contributed by atoms with Gasteiger partial charge in [0.05, 0.1) is 12.6 Å². The van der Waals surface area contributed by atoms with Gasteiger partial charge in [-0.25, -0.2) is 0 Å². The number of nitrogens with zero attached hydrogens (tertiary/aromatic N) is 3. The van der Waals surface area contributed by atoms with E-state index in [1.54, 1.807) is 0 Å². The zero-order chi connectivity index (χ0) is 16.9. The summed E-state index contributed by atoms with van der Waals surface area (Å²) in [5, 5.41) is 4.12. The third-order valence-electron chi connectivity index (χ3n) is 5.07. The van der Waals surface area contributed by atoms with E-state index < -0.39 is 0 Å². The molecule has 0 saturated carbocycles. The summed E-state index contributed by atoms with van der Waals surface area (Å²) in [6.45, 7) is 10.3. The molecule has 2 heterocycles. The second kappa shape index (κ2) is 11.3. The molecule has 5 nitrogen and oxygen atoms in total. The van der Waals surface area contributed by atoms with Gasteiger partial charge in [-0.15, -0.1) is 24.8 Å². The van der Waals surface area contributed by atoms with Gasteiger partial charge < -0.3 is 15.1 Å². The van der Waals surface area contributed by atoms with E-state index in [9.17, 15) is 4.79 Å². The van der Waals surface area contributed by atoms with Crippen molar-refractivity contribution in [3.8, 4) is 0 Å². The van der Waals surface area contributed by atoms with Gasteiger partial charge in [0.1, 0.15) is 0 Å². The van der Waals surface area contributed by atoms with Gasteiger partial charge in [-0.1, -0.05) is 30.7 Å². The minimum atomic E-state index is 0. The molecule has 148 valence electrons. The third-order valence-corrected chi connectivity index (χ3v) is 5.30. The van der Waals surface area contributed by atoms with Crippen molar-refractivity contribution in [2.75, 3.05) is 58.9 Å². The van der Waals surface area contributed by atoms with E-state index in [-0.39, 0.29) is 36.8 Å². The number of hydrogen-bond acceptors (Lipinski definition) is 4. The number of nitrogens with one attached hydrogen (secondary N) is 1. The summed E-state index contributed by atoms with van der Waals surface area (Å²) in [5.41, 5.74) is 1.11. The van der Waals surface area contributed by atoms with Crippen LogP contribution in [0.3, 0.4) is 0 Å². The van der Waals surface area contributed by atoms with E-state index in [0.717, 1.165) is 62.9 Å². The lowest BCUT2D eigenvalue weighted by Crippen LogP contribution is -2.54. The molecule has 26 heavy (non-hydrogen) atoms. The van der Waals surface area contributed by atoms with E-state index in [4.69, 9.17) is 11.6 Å². The first-order valence-electron chi connectivity index (χ1n) is 8.87. The standard InChI is InChI=1S/C18H27ClN4O.2ClH/c1-2-21-8-10-22(11-9-21)14-18(24)23-7-6-20-13-17(23)15-4-3-5-16(19)12-15;;/h3-5,12,17,20H,2,6-11,13-14H2,1H3;2*1H. The molecule has 0 bridgehead atoms. The smallest absolute Gasteiger partial charge is 0.237 e. The van der Waals surface area contributed by atoms with Crippen LogP contribution in [-0.2, 0) is 4.79 Å². The Bertz CT molecular complexity index is 567. The summed E-state index contributed by atoms with van der Waals surface area (Å²) in [4.78, 5) is 19.6. The van der Waals surface area contributed by atoms with Crippen LogP contribution in [0.15, 0.2) is 24.3 Å². The maximum Gasteiger partial charge on any atom is 0.237 e. The van der Waals surface area contributed by atoms with Crippen LogP contribution >= 0.6 is 36.4 Å². The van der Waals surface area contributed by atoms with Crippen LogP contribution in [0.2, 0.25) is 5.02 Å². The number of likely N-dealkylation sites (N-methyl/N-ethyl adjacent to an activating group) is 1. The van der Waals surface area contributed by atoms with Gasteiger partial charge in [-0.2, -0.15) is 0 Å². The van der Waals surface area contributed by atoms with Crippen molar-refractivity contribution in [3.05, 3.63) is 34.9 Å². The molecule has 0 radical (unpaired) electrons. The predicted octanol–water partition coefficient (Wildman–Crippen LogP) is 2.29. The highest BCUT2D eigenvalue weighted by molar-refractivity contribution is 6.30. The van der Waals surface area contributed by atoms with Crippen LogP contribution in [0.1, 0.15) is 18.5 Å². The maximum atomic E-state index is 12.9. The second-order valence-electron chi connectivity index (χ2n) is 6.57. The lowest BCUT2D eigenvalue weighted by molar-refractivity contribution is -0.136. The highest BCUT2D eigenvalue weighted by Crippen LogP contribution is 2.25. The van der Waals surface area contributed by atoms with Crippen molar-refractivity contribution in [1.29, 1.82) is 0 Å². The molecule has 0 spiro atoms. The molecule has 0 aliphatic carbocycles. The lowest BCUT2D eigenvalue weighted by atomic mass is 10.0. The Morgan fingerprint density at radius 1 is 1.15 bits per heavy atom. The highest BCUT2D eigenvalue weighted by Gasteiger charge is 2.29. The maximum absolute atomic E-state index is 12.9. The van der Waals surface area contributed by atoms with Gasteiger partial charge in [-0.05, 0) is 24.2 Å². The number of carbonyl (C=O) groups excluding carboxylic acids is 1. The Morgan fingerprint density at radius 2 is 1.85 bits per heavy atom. The van der Waals surface area contributed by atoms with Crippen LogP contribution in [0.4, 0.5) is 0 Å². The monoisotopic (exact) mass is 422 g/mol. The molecule has 3 rings (SSSR count). The number of rotatable bonds is 4. The van der Waals surface area contributed by atoms with E-state index in [1.807, 2.05) is 23.1 Å². The van der Waals surface area contributed by atoms with Crippen molar-refractivity contribution in [2.45, 2.75) is 13.0 Å². The zero-order valence-electron chi connectivity index (χ0n) is 15.2. The van der Waals surface area contributed by atoms with E-state index in [0.29, 0.717) is 6.54 Å². The molecule has 2 aliphatic heterocycles. The second-order valence-corrected chi connectivity index (χ2v) is 7.01. The van der Waals surface area contributed by atoms with Crippen LogP contribution < -0.4 is 5.32 Å². The van der Waals surface area contributed by atoms with Crippen LogP contribution in [-0.4, -0.2) is 79.5 Å². The van der Waals surface area contributed by atoms with Crippen molar-refractivity contribution in [1.82, 2.24) is 20.0 Å². The number of amides is 1. The van der Waals surface area contributed by atoms with Crippen molar-refractivity contribution in [2.24, 2.45) is 0 Å². The molecular formula is C18H29Cl3N4O. The molecule has 2 fully saturated rings. The largest absolute Gasteiger partial charge is 0.332 e. The Balaban J connectivity index is 0.00000169. The third kappa shape index (κ3) is 5.98. The molecule has 1 aromatic rings. The SMILES string of the molecule is CCN1CCN(CC(=O)N2CCNCC2c2cccc(Cl)c2)CC1.Cl.Cl.